The number of hydrogen-bond acceptors (Lipinski definition) is 2. The topological polar surface area (TPSA) is 40.5 Å². The number of hydrogen-bond donors (Lipinski definition) is 1. The number of allylic oxidation sites excluding steroid dienone is 2. The number of halogens is 5. The van der Waals surface area contributed by atoms with Crippen molar-refractivity contribution in [1.29, 1.82) is 0 Å². The third-order valence-corrected chi connectivity index (χ3v) is 5.83. The van der Waals surface area contributed by atoms with Gasteiger partial charge in [0.1, 0.15) is 5.82 Å². The van der Waals surface area contributed by atoms with Gasteiger partial charge in [-0.1, -0.05) is 24.3 Å². The monoisotopic (exact) mass is 441 g/mol. The Labute approximate surface area is 177 Å². The van der Waals surface area contributed by atoms with Gasteiger partial charge in [0, 0.05) is 12.2 Å². The standard InChI is InChI=1S/C23H24F5NO2/c1-3-19-16(13-17-14-21(2,25)22(17,31)23(26,27)28)6-4-5-11-29(19)20(30)12-15-7-9-18(24)10-8-15/h3,7-10,13-14,31H,4-6,11-12H2,1-2H3/b16-13-,19-3?/t21-,22?/m1/s1. The molecule has 0 bridgehead atoms. The number of aliphatic hydroxyl groups is 1. The minimum absolute atomic E-state index is 0.00262. The van der Waals surface area contributed by atoms with E-state index in [4.69, 9.17) is 0 Å². The summed E-state index contributed by atoms with van der Waals surface area (Å²) in [6.45, 7) is 2.72. The first-order chi connectivity index (χ1) is 14.4. The summed E-state index contributed by atoms with van der Waals surface area (Å²) in [5, 5.41) is 10.1. The number of carbonyl (C=O) groups excluding carboxylic acids is 1. The zero-order chi connectivity index (χ0) is 23.0. The molecule has 0 spiro atoms. The van der Waals surface area contributed by atoms with E-state index in [-0.39, 0.29) is 12.3 Å². The number of alkyl halides is 4. The summed E-state index contributed by atoms with van der Waals surface area (Å²) >= 11 is 0. The van der Waals surface area contributed by atoms with Crippen molar-refractivity contribution in [3.05, 3.63) is 70.7 Å². The van der Waals surface area contributed by atoms with Crippen molar-refractivity contribution >= 4 is 5.91 Å². The van der Waals surface area contributed by atoms with Crippen molar-refractivity contribution < 1.29 is 31.9 Å². The van der Waals surface area contributed by atoms with Gasteiger partial charge in [-0.2, -0.15) is 13.2 Å². The molecule has 1 aliphatic heterocycles. The maximum atomic E-state index is 14.3. The van der Waals surface area contributed by atoms with Crippen molar-refractivity contribution in [3.63, 3.8) is 0 Å². The maximum absolute atomic E-state index is 14.3. The third kappa shape index (κ3) is 4.18. The summed E-state index contributed by atoms with van der Waals surface area (Å²) in [6, 6.07) is 5.51. The number of nitrogens with zero attached hydrogens (tertiary/aromatic N) is 1. The average molecular weight is 441 g/mol. The van der Waals surface area contributed by atoms with Crippen LogP contribution in [0.4, 0.5) is 22.0 Å². The average Bonchev–Trinajstić information content (AvgIpc) is 2.89. The van der Waals surface area contributed by atoms with Gasteiger partial charge in [0.25, 0.3) is 0 Å². The van der Waals surface area contributed by atoms with Crippen LogP contribution in [-0.2, 0) is 11.2 Å². The second-order valence-electron chi connectivity index (χ2n) is 8.03. The lowest BCUT2D eigenvalue weighted by atomic mass is 9.67. The van der Waals surface area contributed by atoms with E-state index < -0.39 is 28.8 Å². The molecule has 2 aliphatic rings. The Bertz CT molecular complexity index is 944. The fourth-order valence-electron chi connectivity index (χ4n) is 4.11. The SMILES string of the molecule is CC=C1/C(=C\C2=C[C@@](C)(F)C2(O)C(F)(F)F)CCCCN1C(=O)Cc1ccc(F)cc1. The summed E-state index contributed by atoms with van der Waals surface area (Å²) in [5.41, 5.74) is -5.62. The molecule has 1 heterocycles. The van der Waals surface area contributed by atoms with Crippen LogP contribution in [0.5, 0.6) is 0 Å². The first kappa shape index (κ1) is 23.2. The van der Waals surface area contributed by atoms with E-state index in [1.807, 2.05) is 0 Å². The van der Waals surface area contributed by atoms with Crippen LogP contribution >= 0.6 is 0 Å². The fraction of sp³-hybridized carbons (Fsp3) is 0.435. The molecule has 8 heteroatoms. The maximum Gasteiger partial charge on any atom is 0.424 e. The lowest BCUT2D eigenvalue weighted by Crippen LogP contribution is -2.65. The zero-order valence-electron chi connectivity index (χ0n) is 17.3. The Morgan fingerprint density at radius 3 is 2.42 bits per heavy atom. The molecular weight excluding hydrogens is 417 g/mol. The zero-order valence-corrected chi connectivity index (χ0v) is 17.3. The molecule has 1 fully saturated rings. The molecule has 1 aromatic carbocycles. The quantitative estimate of drug-likeness (QED) is 0.658. The van der Waals surface area contributed by atoms with E-state index in [0.29, 0.717) is 49.6 Å². The molecular formula is C23H24F5NO2. The molecule has 1 aromatic rings. The molecule has 0 saturated carbocycles. The highest BCUT2D eigenvalue weighted by Crippen LogP contribution is 2.54. The summed E-state index contributed by atoms with van der Waals surface area (Å²) in [7, 11) is 0. The molecule has 31 heavy (non-hydrogen) atoms. The molecule has 0 radical (unpaired) electrons. The van der Waals surface area contributed by atoms with E-state index in [0.717, 1.165) is 12.2 Å². The Balaban J connectivity index is 1.91. The van der Waals surface area contributed by atoms with Gasteiger partial charge in [-0.05, 0) is 68.0 Å². The summed E-state index contributed by atoms with van der Waals surface area (Å²) in [5.74, 6) is -0.701. The summed E-state index contributed by atoms with van der Waals surface area (Å²) in [6.07, 6.45) is -0.0148. The molecule has 1 aliphatic carbocycles. The lowest BCUT2D eigenvalue weighted by Gasteiger charge is -2.47. The minimum atomic E-state index is -5.18. The second kappa shape index (κ2) is 8.22. The van der Waals surface area contributed by atoms with Crippen LogP contribution in [0.3, 0.4) is 0 Å². The van der Waals surface area contributed by atoms with Crippen LogP contribution in [0.15, 0.2) is 59.3 Å². The van der Waals surface area contributed by atoms with E-state index >= 15 is 0 Å². The van der Waals surface area contributed by atoms with Crippen molar-refractivity contribution in [2.45, 2.75) is 57.0 Å². The van der Waals surface area contributed by atoms with Crippen LogP contribution < -0.4 is 0 Å². The lowest BCUT2D eigenvalue weighted by molar-refractivity contribution is -0.285. The number of rotatable bonds is 3. The van der Waals surface area contributed by atoms with Crippen molar-refractivity contribution in [2.75, 3.05) is 6.54 Å². The molecule has 1 saturated heterocycles. The second-order valence-corrected chi connectivity index (χ2v) is 8.03. The van der Waals surface area contributed by atoms with E-state index in [2.05, 4.69) is 0 Å². The molecule has 0 aromatic heterocycles. The van der Waals surface area contributed by atoms with Crippen molar-refractivity contribution in [1.82, 2.24) is 4.90 Å². The highest BCUT2D eigenvalue weighted by molar-refractivity contribution is 5.81. The van der Waals surface area contributed by atoms with Crippen LogP contribution in [0, 0.1) is 5.82 Å². The Morgan fingerprint density at radius 1 is 1.23 bits per heavy atom. The molecule has 3 nitrogen and oxygen atoms in total. The van der Waals surface area contributed by atoms with Crippen molar-refractivity contribution in [3.8, 4) is 0 Å². The van der Waals surface area contributed by atoms with E-state index in [1.165, 1.54) is 29.2 Å². The predicted molar refractivity (Wildman–Crippen MR) is 106 cm³/mol. The molecule has 3 rings (SSSR count). The number of likely N-dealkylation sites (tertiary alicyclic amines) is 1. The van der Waals surface area contributed by atoms with Crippen LogP contribution in [0.2, 0.25) is 0 Å². The largest absolute Gasteiger partial charge is 0.424 e. The summed E-state index contributed by atoms with van der Waals surface area (Å²) < 4.78 is 67.8. The minimum Gasteiger partial charge on any atom is -0.374 e. The van der Waals surface area contributed by atoms with Gasteiger partial charge in [-0.3, -0.25) is 4.79 Å². The number of carbonyl (C=O) groups is 1. The fourth-order valence-corrected chi connectivity index (χ4v) is 4.11. The molecule has 2 atom stereocenters. The van der Waals surface area contributed by atoms with Gasteiger partial charge in [-0.15, -0.1) is 0 Å². The van der Waals surface area contributed by atoms with Gasteiger partial charge in [0.2, 0.25) is 11.5 Å². The first-order valence-corrected chi connectivity index (χ1v) is 10.0. The Morgan fingerprint density at radius 2 is 1.87 bits per heavy atom. The Kier molecular flexibility index (Phi) is 6.15. The highest BCUT2D eigenvalue weighted by Gasteiger charge is 2.71. The molecule has 1 N–H and O–H groups in total. The van der Waals surface area contributed by atoms with Gasteiger partial charge in [-0.25, -0.2) is 8.78 Å². The Hall–Kier alpha value is -2.48. The van der Waals surface area contributed by atoms with Crippen molar-refractivity contribution in [2.24, 2.45) is 0 Å². The van der Waals surface area contributed by atoms with E-state index in [1.54, 1.807) is 13.0 Å². The number of amides is 1. The van der Waals surface area contributed by atoms with Crippen LogP contribution in [0.1, 0.15) is 38.7 Å². The molecule has 1 amide bonds. The number of benzene rings is 1. The van der Waals surface area contributed by atoms with Gasteiger partial charge in [0.15, 0.2) is 5.67 Å². The normalized spacial score (nSPS) is 29.5. The predicted octanol–water partition coefficient (Wildman–Crippen LogP) is 5.17. The highest BCUT2D eigenvalue weighted by atomic mass is 19.4. The summed E-state index contributed by atoms with van der Waals surface area (Å²) in [4.78, 5) is 14.4. The van der Waals surface area contributed by atoms with Crippen LogP contribution in [0.25, 0.3) is 0 Å². The van der Waals surface area contributed by atoms with Gasteiger partial charge < -0.3 is 10.0 Å². The smallest absolute Gasteiger partial charge is 0.374 e. The van der Waals surface area contributed by atoms with E-state index in [9.17, 15) is 31.9 Å². The molecule has 168 valence electrons. The third-order valence-electron chi connectivity index (χ3n) is 5.83. The van der Waals surface area contributed by atoms with Crippen LogP contribution in [-0.4, -0.2) is 39.9 Å². The molecule has 1 unspecified atom stereocenters. The first-order valence-electron chi connectivity index (χ1n) is 10.0. The van der Waals surface area contributed by atoms with Gasteiger partial charge in [0.05, 0.1) is 6.42 Å². The van der Waals surface area contributed by atoms with Gasteiger partial charge >= 0.3 is 6.18 Å².